The van der Waals surface area contributed by atoms with Crippen LogP contribution in [0.5, 0.6) is 0 Å². The van der Waals surface area contributed by atoms with Gasteiger partial charge in [0.05, 0.1) is 0 Å². The maximum atomic E-state index is 4.94. The molecule has 0 rings (SSSR count). The molecule has 0 aliphatic carbocycles. The average Bonchev–Trinajstić information content (AvgIpc) is 1.96. The molecule has 0 aromatic heterocycles. The number of nitrogens with zero attached hydrogens (tertiary/aromatic N) is 4. The molecule has 0 bridgehead atoms. The monoisotopic (exact) mass is 204 g/mol. The number of hydrogen-bond acceptors (Lipinski definition) is 6. The first-order chi connectivity index (χ1) is 6.36. The van der Waals surface area contributed by atoms with E-state index in [4.69, 9.17) is 5.84 Å². The lowest BCUT2D eigenvalue weighted by Gasteiger charge is -2.09. The van der Waals surface area contributed by atoms with Crippen LogP contribution >= 0.6 is 0 Å². The Morgan fingerprint density at radius 1 is 1.14 bits per heavy atom. The van der Waals surface area contributed by atoms with Crippen molar-refractivity contribution in [1.29, 1.82) is 0 Å². The molecule has 0 aromatic carbocycles. The standard InChI is InChI=1S/C6H16N4.C2H8N2/c1-9(2)7-5-6-8-10(3)4;1-4(2)3/h5,8H,6H2,1-4H3;3H2,1-2H3. The molecule has 0 amide bonds. The molecule has 0 atom stereocenters. The maximum Gasteiger partial charge on any atom is 0.0474 e. The molecule has 0 unspecified atom stereocenters. The van der Waals surface area contributed by atoms with Gasteiger partial charge in [-0.1, -0.05) is 0 Å². The fourth-order valence-electron chi connectivity index (χ4n) is 0.428. The highest BCUT2D eigenvalue weighted by Crippen LogP contribution is 1.69. The molecule has 86 valence electrons. The number of nitrogens with one attached hydrogen (secondary N) is 1. The summed E-state index contributed by atoms with van der Waals surface area (Å²) in [6.07, 6.45) is 1.82. The van der Waals surface area contributed by atoms with E-state index < -0.39 is 0 Å². The molecule has 0 aromatic rings. The van der Waals surface area contributed by atoms with E-state index in [-0.39, 0.29) is 0 Å². The minimum atomic E-state index is 0.769. The van der Waals surface area contributed by atoms with Crippen LogP contribution in [0, 0.1) is 0 Å². The number of hydrazine groups is 2. The summed E-state index contributed by atoms with van der Waals surface area (Å²) in [5.41, 5.74) is 3.06. The summed E-state index contributed by atoms with van der Waals surface area (Å²) >= 11 is 0. The van der Waals surface area contributed by atoms with Crippen molar-refractivity contribution < 1.29 is 0 Å². The van der Waals surface area contributed by atoms with E-state index in [0.29, 0.717) is 0 Å². The molecule has 0 heterocycles. The molecule has 0 aliphatic rings. The molecule has 0 radical (unpaired) electrons. The highest BCUT2D eigenvalue weighted by Gasteiger charge is 1.82. The van der Waals surface area contributed by atoms with Gasteiger partial charge in [0.15, 0.2) is 0 Å². The predicted octanol–water partition coefficient (Wildman–Crippen LogP) is -0.978. The van der Waals surface area contributed by atoms with Gasteiger partial charge in [0.2, 0.25) is 0 Å². The normalized spacial score (nSPS) is 10.6. The van der Waals surface area contributed by atoms with Gasteiger partial charge >= 0.3 is 0 Å². The Morgan fingerprint density at radius 2 is 1.57 bits per heavy atom. The van der Waals surface area contributed by atoms with Gasteiger partial charge in [-0.2, -0.15) is 5.10 Å². The van der Waals surface area contributed by atoms with Crippen LogP contribution in [-0.4, -0.2) is 70.1 Å². The molecule has 3 N–H and O–H groups in total. The lowest BCUT2D eigenvalue weighted by molar-refractivity contribution is 0.311. The Bertz CT molecular complexity index is 129. The Kier molecular flexibility index (Phi) is 11.7. The lowest BCUT2D eigenvalue weighted by Crippen LogP contribution is -2.31. The van der Waals surface area contributed by atoms with E-state index in [2.05, 4.69) is 10.5 Å². The van der Waals surface area contributed by atoms with Crippen molar-refractivity contribution in [1.82, 2.24) is 20.5 Å². The highest BCUT2D eigenvalue weighted by molar-refractivity contribution is 5.58. The fourth-order valence-corrected chi connectivity index (χ4v) is 0.428. The summed E-state index contributed by atoms with van der Waals surface area (Å²) in [7, 11) is 11.2. The molecule has 6 heteroatoms. The molecule has 0 saturated carbocycles. The summed E-state index contributed by atoms with van der Waals surface area (Å²) < 4.78 is 0. The number of hydrogen-bond donors (Lipinski definition) is 2. The van der Waals surface area contributed by atoms with Crippen LogP contribution in [0.4, 0.5) is 0 Å². The van der Waals surface area contributed by atoms with Gasteiger partial charge in [0.25, 0.3) is 0 Å². The molecule has 0 aliphatic heterocycles. The second kappa shape index (κ2) is 10.4. The van der Waals surface area contributed by atoms with E-state index in [1.165, 1.54) is 5.01 Å². The SMILES string of the molecule is CN(C)N.CN(C)N=CCNN(C)C. The summed E-state index contributed by atoms with van der Waals surface area (Å²) in [6, 6.07) is 0. The third-order valence-electron chi connectivity index (χ3n) is 0.811. The zero-order chi connectivity index (χ0) is 11.6. The van der Waals surface area contributed by atoms with Gasteiger partial charge in [-0.15, -0.1) is 0 Å². The second-order valence-corrected chi connectivity index (χ2v) is 3.37. The Hall–Kier alpha value is -0.690. The summed E-state index contributed by atoms with van der Waals surface area (Å²) in [5.74, 6) is 4.94. The topological polar surface area (TPSA) is 60.1 Å². The van der Waals surface area contributed by atoms with Crippen molar-refractivity contribution in [2.45, 2.75) is 0 Å². The van der Waals surface area contributed by atoms with Gasteiger partial charge < -0.3 is 5.01 Å². The van der Waals surface area contributed by atoms with E-state index in [9.17, 15) is 0 Å². The number of nitrogens with two attached hydrogens (primary N) is 1. The first-order valence-corrected chi connectivity index (χ1v) is 4.39. The smallest absolute Gasteiger partial charge is 0.0474 e. The fraction of sp³-hybridized carbons (Fsp3) is 0.875. The largest absolute Gasteiger partial charge is 0.303 e. The van der Waals surface area contributed by atoms with Gasteiger partial charge in [-0.25, -0.2) is 0 Å². The van der Waals surface area contributed by atoms with Crippen LogP contribution in [0.2, 0.25) is 0 Å². The number of hydrazone groups is 1. The van der Waals surface area contributed by atoms with Crippen LogP contribution in [-0.2, 0) is 0 Å². The van der Waals surface area contributed by atoms with E-state index in [1.54, 1.807) is 19.1 Å². The van der Waals surface area contributed by atoms with Gasteiger partial charge in [-0.05, 0) is 0 Å². The van der Waals surface area contributed by atoms with Crippen molar-refractivity contribution in [2.24, 2.45) is 10.9 Å². The van der Waals surface area contributed by atoms with Crippen LogP contribution in [0.15, 0.2) is 5.10 Å². The maximum absolute atomic E-state index is 4.94. The predicted molar refractivity (Wildman–Crippen MR) is 61.7 cm³/mol. The average molecular weight is 204 g/mol. The Balaban J connectivity index is 0. The van der Waals surface area contributed by atoms with Crippen molar-refractivity contribution in [2.75, 3.05) is 48.8 Å². The molecular formula is C8H24N6. The lowest BCUT2D eigenvalue weighted by atomic mass is 10.7. The van der Waals surface area contributed by atoms with Gasteiger partial charge in [0.1, 0.15) is 0 Å². The third kappa shape index (κ3) is 30.2. The molecular weight excluding hydrogens is 180 g/mol. The number of rotatable bonds is 4. The minimum Gasteiger partial charge on any atom is -0.303 e. The highest BCUT2D eigenvalue weighted by atomic mass is 15.5. The second-order valence-electron chi connectivity index (χ2n) is 3.37. The van der Waals surface area contributed by atoms with Crippen molar-refractivity contribution in [3.05, 3.63) is 0 Å². The molecule has 0 saturated heterocycles. The quantitative estimate of drug-likeness (QED) is 0.350. The van der Waals surface area contributed by atoms with Crippen LogP contribution in [0.3, 0.4) is 0 Å². The molecule has 14 heavy (non-hydrogen) atoms. The van der Waals surface area contributed by atoms with Gasteiger partial charge in [0, 0.05) is 55.0 Å². The van der Waals surface area contributed by atoms with Crippen LogP contribution in [0.25, 0.3) is 0 Å². The Labute approximate surface area is 87.3 Å². The zero-order valence-electron chi connectivity index (χ0n) is 10.2. The molecule has 0 fully saturated rings. The van der Waals surface area contributed by atoms with Crippen LogP contribution in [0.1, 0.15) is 0 Å². The van der Waals surface area contributed by atoms with Crippen molar-refractivity contribution in [3.8, 4) is 0 Å². The molecule has 0 spiro atoms. The first kappa shape index (κ1) is 15.8. The molecule has 6 nitrogen and oxygen atoms in total. The van der Waals surface area contributed by atoms with Gasteiger partial charge in [-0.3, -0.25) is 21.3 Å². The van der Waals surface area contributed by atoms with Crippen molar-refractivity contribution >= 4 is 6.21 Å². The third-order valence-corrected chi connectivity index (χ3v) is 0.811. The van der Waals surface area contributed by atoms with E-state index >= 15 is 0 Å². The summed E-state index contributed by atoms with van der Waals surface area (Å²) in [6.45, 7) is 0.769. The minimum absolute atomic E-state index is 0.769. The van der Waals surface area contributed by atoms with E-state index in [1.807, 2.05) is 39.4 Å². The van der Waals surface area contributed by atoms with E-state index in [0.717, 1.165) is 6.54 Å². The summed E-state index contributed by atoms with van der Waals surface area (Å²) in [5, 5.41) is 9.17. The summed E-state index contributed by atoms with van der Waals surface area (Å²) in [4.78, 5) is 0. The zero-order valence-corrected chi connectivity index (χ0v) is 10.2. The van der Waals surface area contributed by atoms with Crippen molar-refractivity contribution in [3.63, 3.8) is 0 Å². The first-order valence-electron chi connectivity index (χ1n) is 4.39. The Morgan fingerprint density at radius 3 is 1.86 bits per heavy atom. The van der Waals surface area contributed by atoms with Crippen LogP contribution < -0.4 is 11.3 Å².